The molecule has 126 valence electrons. The molecule has 2 heterocycles. The highest BCUT2D eigenvalue weighted by Gasteiger charge is 2.29. The second kappa shape index (κ2) is 6.78. The highest BCUT2D eigenvalue weighted by Crippen LogP contribution is 2.18. The van der Waals surface area contributed by atoms with Gasteiger partial charge in [-0.2, -0.15) is 0 Å². The number of aromatic nitrogens is 1. The predicted octanol–water partition coefficient (Wildman–Crippen LogP) is 2.40. The summed E-state index contributed by atoms with van der Waals surface area (Å²) in [5.41, 5.74) is 1.22. The molecule has 1 unspecified atom stereocenters. The number of sulfone groups is 1. The first-order chi connectivity index (χ1) is 11.4. The van der Waals surface area contributed by atoms with Crippen LogP contribution in [0.4, 0.5) is 11.5 Å². The number of carbonyl (C=O) groups excluding carboxylic acids is 1. The predicted molar refractivity (Wildman–Crippen MR) is 93.5 cm³/mol. The van der Waals surface area contributed by atoms with E-state index >= 15 is 0 Å². The number of amides is 1. The summed E-state index contributed by atoms with van der Waals surface area (Å²) >= 11 is 5.84. The summed E-state index contributed by atoms with van der Waals surface area (Å²) in [4.78, 5) is 16.5. The first kappa shape index (κ1) is 16.7. The molecule has 0 bridgehead atoms. The number of hydrogen-bond acceptors (Lipinski definition) is 5. The summed E-state index contributed by atoms with van der Waals surface area (Å²) in [5.74, 6) is 0.333. The Morgan fingerprint density at radius 2 is 1.96 bits per heavy atom. The molecule has 6 nitrogen and oxygen atoms in total. The standard InChI is InChI=1S/C16H16ClN3O3S/c17-12-1-3-13(4-2-12)19-15-9-11(5-7-18-15)16(21)20-14-6-8-24(22,23)10-14/h1-5,7,9,14H,6,8,10H2,(H,18,19)(H,20,21). The van der Waals surface area contributed by atoms with Crippen LogP contribution >= 0.6 is 11.6 Å². The zero-order chi connectivity index (χ0) is 17.2. The maximum Gasteiger partial charge on any atom is 0.251 e. The van der Waals surface area contributed by atoms with Gasteiger partial charge in [0.15, 0.2) is 9.84 Å². The molecule has 0 saturated carbocycles. The van der Waals surface area contributed by atoms with E-state index in [1.807, 2.05) is 0 Å². The molecule has 3 rings (SSSR count). The average molecular weight is 366 g/mol. The van der Waals surface area contributed by atoms with Crippen LogP contribution in [0.1, 0.15) is 16.8 Å². The number of benzene rings is 1. The van der Waals surface area contributed by atoms with Gasteiger partial charge < -0.3 is 10.6 Å². The van der Waals surface area contributed by atoms with E-state index < -0.39 is 9.84 Å². The number of nitrogens with zero attached hydrogens (tertiary/aromatic N) is 1. The molecule has 1 saturated heterocycles. The maximum absolute atomic E-state index is 12.3. The van der Waals surface area contributed by atoms with E-state index in [2.05, 4.69) is 15.6 Å². The van der Waals surface area contributed by atoms with Crippen LogP contribution in [0.15, 0.2) is 42.6 Å². The molecule has 0 radical (unpaired) electrons. The van der Waals surface area contributed by atoms with Gasteiger partial charge >= 0.3 is 0 Å². The zero-order valence-electron chi connectivity index (χ0n) is 12.7. The van der Waals surface area contributed by atoms with Gasteiger partial charge in [0.25, 0.3) is 5.91 Å². The summed E-state index contributed by atoms with van der Waals surface area (Å²) < 4.78 is 22.9. The molecule has 1 aromatic carbocycles. The van der Waals surface area contributed by atoms with Crippen molar-refractivity contribution < 1.29 is 13.2 Å². The van der Waals surface area contributed by atoms with E-state index in [0.29, 0.717) is 22.8 Å². The maximum atomic E-state index is 12.3. The molecule has 1 aromatic heterocycles. The van der Waals surface area contributed by atoms with Gasteiger partial charge in [0.2, 0.25) is 0 Å². The smallest absolute Gasteiger partial charge is 0.251 e. The van der Waals surface area contributed by atoms with Crippen molar-refractivity contribution in [3.05, 3.63) is 53.2 Å². The van der Waals surface area contributed by atoms with E-state index in [1.165, 1.54) is 6.20 Å². The van der Waals surface area contributed by atoms with Crippen LogP contribution in [-0.4, -0.2) is 36.9 Å². The Labute approximate surface area is 145 Å². The Kier molecular flexibility index (Phi) is 4.73. The van der Waals surface area contributed by atoms with Crippen LogP contribution in [0.2, 0.25) is 5.02 Å². The highest BCUT2D eigenvalue weighted by atomic mass is 35.5. The van der Waals surface area contributed by atoms with Gasteiger partial charge in [-0.1, -0.05) is 11.6 Å². The molecule has 8 heteroatoms. The van der Waals surface area contributed by atoms with Crippen molar-refractivity contribution >= 4 is 38.9 Å². The summed E-state index contributed by atoms with van der Waals surface area (Å²) in [7, 11) is -3.03. The SMILES string of the molecule is O=C(NC1CCS(=O)(=O)C1)c1ccnc(Nc2ccc(Cl)cc2)c1. The van der Waals surface area contributed by atoms with E-state index in [-0.39, 0.29) is 23.5 Å². The van der Waals surface area contributed by atoms with Crippen LogP contribution in [0, 0.1) is 0 Å². The fourth-order valence-corrected chi connectivity index (χ4v) is 4.30. The number of halogens is 1. The molecule has 1 aliphatic heterocycles. The number of carbonyl (C=O) groups is 1. The van der Waals surface area contributed by atoms with E-state index in [4.69, 9.17) is 11.6 Å². The topological polar surface area (TPSA) is 88.2 Å². The van der Waals surface area contributed by atoms with Crippen molar-refractivity contribution in [3.63, 3.8) is 0 Å². The molecule has 24 heavy (non-hydrogen) atoms. The number of rotatable bonds is 4. The molecular formula is C16H16ClN3O3S. The van der Waals surface area contributed by atoms with Crippen LogP contribution in [0.5, 0.6) is 0 Å². The normalized spacial score (nSPS) is 19.0. The van der Waals surface area contributed by atoms with Gasteiger partial charge in [-0.15, -0.1) is 0 Å². The Hall–Kier alpha value is -2.12. The first-order valence-corrected chi connectivity index (χ1v) is 9.61. The minimum absolute atomic E-state index is 0.000292. The van der Waals surface area contributed by atoms with Crippen LogP contribution < -0.4 is 10.6 Å². The molecular weight excluding hydrogens is 350 g/mol. The van der Waals surface area contributed by atoms with Crippen molar-refractivity contribution in [1.82, 2.24) is 10.3 Å². The third kappa shape index (κ3) is 4.24. The van der Waals surface area contributed by atoms with Crippen LogP contribution in [0.3, 0.4) is 0 Å². The lowest BCUT2D eigenvalue weighted by Crippen LogP contribution is -2.35. The Balaban J connectivity index is 1.68. The summed E-state index contributed by atoms with van der Waals surface area (Å²) in [5, 5.41) is 6.48. The van der Waals surface area contributed by atoms with Gasteiger partial charge in [0.05, 0.1) is 11.5 Å². The van der Waals surface area contributed by atoms with E-state index in [0.717, 1.165) is 5.69 Å². The van der Waals surface area contributed by atoms with Gasteiger partial charge in [0, 0.05) is 28.5 Å². The monoisotopic (exact) mass is 365 g/mol. The lowest BCUT2D eigenvalue weighted by molar-refractivity contribution is 0.0941. The van der Waals surface area contributed by atoms with Crippen molar-refractivity contribution in [1.29, 1.82) is 0 Å². The number of nitrogens with one attached hydrogen (secondary N) is 2. The van der Waals surface area contributed by atoms with Gasteiger partial charge in [-0.05, 0) is 42.8 Å². The minimum atomic E-state index is -3.03. The Morgan fingerprint density at radius 3 is 2.62 bits per heavy atom. The third-order valence-electron chi connectivity index (χ3n) is 3.71. The zero-order valence-corrected chi connectivity index (χ0v) is 14.3. The largest absolute Gasteiger partial charge is 0.348 e. The molecule has 1 aliphatic rings. The summed E-state index contributed by atoms with van der Waals surface area (Å²) in [6.45, 7) is 0. The van der Waals surface area contributed by atoms with Crippen molar-refractivity contribution in [2.75, 3.05) is 16.8 Å². The molecule has 0 spiro atoms. The summed E-state index contributed by atoms with van der Waals surface area (Å²) in [6.07, 6.45) is 1.98. The number of anilines is 2. The minimum Gasteiger partial charge on any atom is -0.348 e. The molecule has 1 fully saturated rings. The van der Waals surface area contributed by atoms with Crippen LogP contribution in [-0.2, 0) is 9.84 Å². The second-order valence-electron chi connectivity index (χ2n) is 5.64. The highest BCUT2D eigenvalue weighted by molar-refractivity contribution is 7.91. The first-order valence-electron chi connectivity index (χ1n) is 7.41. The van der Waals surface area contributed by atoms with Crippen molar-refractivity contribution in [3.8, 4) is 0 Å². The second-order valence-corrected chi connectivity index (χ2v) is 8.30. The Morgan fingerprint density at radius 1 is 1.21 bits per heavy atom. The lowest BCUT2D eigenvalue weighted by Gasteiger charge is -2.12. The fraction of sp³-hybridized carbons (Fsp3) is 0.250. The molecule has 1 amide bonds. The van der Waals surface area contributed by atoms with E-state index in [9.17, 15) is 13.2 Å². The lowest BCUT2D eigenvalue weighted by atomic mass is 10.2. The van der Waals surface area contributed by atoms with Crippen LogP contribution in [0.25, 0.3) is 0 Å². The molecule has 2 aromatic rings. The quantitative estimate of drug-likeness (QED) is 0.868. The molecule has 1 atom stereocenters. The summed E-state index contributed by atoms with van der Waals surface area (Å²) in [6, 6.07) is 9.99. The Bertz CT molecular complexity index is 853. The van der Waals surface area contributed by atoms with Crippen molar-refractivity contribution in [2.45, 2.75) is 12.5 Å². The fourth-order valence-electron chi connectivity index (χ4n) is 2.50. The average Bonchev–Trinajstić information content (AvgIpc) is 2.88. The van der Waals surface area contributed by atoms with Gasteiger partial charge in [0.1, 0.15) is 5.82 Å². The number of hydrogen-bond donors (Lipinski definition) is 2. The molecule has 0 aliphatic carbocycles. The van der Waals surface area contributed by atoms with Gasteiger partial charge in [-0.25, -0.2) is 13.4 Å². The van der Waals surface area contributed by atoms with Crippen molar-refractivity contribution in [2.24, 2.45) is 0 Å². The van der Waals surface area contributed by atoms with Gasteiger partial charge in [-0.3, -0.25) is 4.79 Å². The third-order valence-corrected chi connectivity index (χ3v) is 5.73. The van der Waals surface area contributed by atoms with E-state index in [1.54, 1.807) is 36.4 Å². The number of pyridine rings is 1. The molecule has 2 N–H and O–H groups in total.